The lowest BCUT2D eigenvalue weighted by Gasteiger charge is -2.34. The summed E-state index contributed by atoms with van der Waals surface area (Å²) in [6.45, 7) is 8.91. The van der Waals surface area contributed by atoms with Crippen LogP contribution in [0.2, 0.25) is 0 Å². The molecule has 4 heteroatoms. The van der Waals surface area contributed by atoms with Crippen molar-refractivity contribution in [3.8, 4) is 0 Å². The molecule has 6 rings (SSSR count). The van der Waals surface area contributed by atoms with Gasteiger partial charge in [0, 0.05) is 27.1 Å². The van der Waals surface area contributed by atoms with E-state index < -0.39 is 0 Å². The van der Waals surface area contributed by atoms with Gasteiger partial charge in [-0.2, -0.15) is 0 Å². The Bertz CT molecular complexity index is 1510. The summed E-state index contributed by atoms with van der Waals surface area (Å²) in [5.41, 5.74) is 5.98. The third-order valence-electron chi connectivity index (χ3n) is 7.21. The molecule has 168 valence electrons. The van der Waals surface area contributed by atoms with Gasteiger partial charge in [-0.3, -0.25) is 9.59 Å². The highest BCUT2D eigenvalue weighted by Gasteiger charge is 2.36. The predicted octanol–water partition coefficient (Wildman–Crippen LogP) is 7.87. The summed E-state index contributed by atoms with van der Waals surface area (Å²) < 4.78 is 0. The summed E-state index contributed by atoms with van der Waals surface area (Å²) in [5, 5.41) is 6.60. The van der Waals surface area contributed by atoms with E-state index in [-0.39, 0.29) is 22.6 Å². The molecule has 0 atom stereocenters. The Hall–Kier alpha value is -3.50. The predicted molar refractivity (Wildman–Crippen MR) is 141 cm³/mol. The Balaban J connectivity index is 1.41. The Labute approximate surface area is 203 Å². The molecule has 0 radical (unpaired) electrons. The zero-order valence-electron chi connectivity index (χ0n) is 19.7. The first-order valence-corrected chi connectivity index (χ1v) is 12.5. The number of allylic oxidation sites excluding steroid dienone is 1. The van der Waals surface area contributed by atoms with Gasteiger partial charge in [0.05, 0.1) is 10.6 Å². The smallest absolute Gasteiger partial charge is 0.197 e. The van der Waals surface area contributed by atoms with E-state index in [4.69, 9.17) is 0 Å². The molecular formula is C30H25NO2S. The molecule has 3 nitrogen and oxygen atoms in total. The van der Waals surface area contributed by atoms with Crippen molar-refractivity contribution in [2.75, 3.05) is 5.32 Å². The van der Waals surface area contributed by atoms with Gasteiger partial charge in [0.15, 0.2) is 11.6 Å². The molecule has 3 aromatic carbocycles. The number of hydrogen-bond acceptors (Lipinski definition) is 4. The van der Waals surface area contributed by atoms with Crippen molar-refractivity contribution in [3.63, 3.8) is 0 Å². The fourth-order valence-electron chi connectivity index (χ4n) is 5.14. The number of carbonyl (C=O) groups is 2. The van der Waals surface area contributed by atoms with E-state index in [9.17, 15) is 9.59 Å². The quantitative estimate of drug-likeness (QED) is 0.243. The second-order valence-electron chi connectivity index (χ2n) is 10.1. The fourth-order valence-corrected chi connectivity index (χ4v) is 6.31. The van der Waals surface area contributed by atoms with Crippen LogP contribution in [-0.4, -0.2) is 11.6 Å². The summed E-state index contributed by atoms with van der Waals surface area (Å²) in [6.07, 6.45) is 1.78. The van der Waals surface area contributed by atoms with Crippen LogP contribution in [0.5, 0.6) is 0 Å². The van der Waals surface area contributed by atoms with Gasteiger partial charge < -0.3 is 5.32 Å². The second-order valence-corrected chi connectivity index (χ2v) is 11.1. The SMILES string of the molecule is CC(C)c1ccc2c(c1)C(C)(C)c1cc(C=C3C(=O)c4cc5ccccc5cc4C3=O)sc1N2. The largest absolute Gasteiger partial charge is 0.347 e. The van der Waals surface area contributed by atoms with Gasteiger partial charge in [0.1, 0.15) is 0 Å². The number of benzene rings is 3. The fraction of sp³-hybridized carbons (Fsp3) is 0.200. The average Bonchev–Trinajstić information content (AvgIpc) is 3.33. The van der Waals surface area contributed by atoms with E-state index in [2.05, 4.69) is 57.3 Å². The van der Waals surface area contributed by atoms with E-state index in [1.807, 2.05) is 36.4 Å². The van der Waals surface area contributed by atoms with E-state index in [0.29, 0.717) is 17.0 Å². The lowest BCUT2D eigenvalue weighted by atomic mass is 9.75. The molecule has 1 aliphatic carbocycles. The number of ketones is 2. The molecule has 1 N–H and O–H groups in total. The van der Waals surface area contributed by atoms with Crippen molar-refractivity contribution in [1.29, 1.82) is 0 Å². The Morgan fingerprint density at radius 2 is 1.50 bits per heavy atom. The lowest BCUT2D eigenvalue weighted by molar-refractivity contribution is 0.0990. The van der Waals surface area contributed by atoms with Crippen molar-refractivity contribution in [1.82, 2.24) is 0 Å². The summed E-state index contributed by atoms with van der Waals surface area (Å²) in [7, 11) is 0. The van der Waals surface area contributed by atoms with Gasteiger partial charge >= 0.3 is 0 Å². The van der Waals surface area contributed by atoms with Crippen molar-refractivity contribution >= 4 is 50.4 Å². The number of thiophene rings is 1. The van der Waals surface area contributed by atoms with Gasteiger partial charge in [-0.05, 0) is 63.7 Å². The maximum Gasteiger partial charge on any atom is 0.197 e. The lowest BCUT2D eigenvalue weighted by Crippen LogP contribution is -2.25. The third-order valence-corrected chi connectivity index (χ3v) is 8.20. The summed E-state index contributed by atoms with van der Waals surface area (Å²) in [4.78, 5) is 27.3. The van der Waals surface area contributed by atoms with Gasteiger partial charge in [-0.1, -0.05) is 64.1 Å². The van der Waals surface area contributed by atoms with Crippen LogP contribution in [0, 0.1) is 0 Å². The Morgan fingerprint density at radius 3 is 2.12 bits per heavy atom. The zero-order chi connectivity index (χ0) is 23.8. The number of carbonyl (C=O) groups excluding carboxylic acids is 2. The molecule has 0 fully saturated rings. The first-order valence-electron chi connectivity index (χ1n) is 11.6. The number of Topliss-reactive ketones (excluding diaryl/α,β-unsaturated/α-hetero) is 2. The Kier molecular flexibility index (Phi) is 4.49. The molecule has 34 heavy (non-hydrogen) atoms. The molecule has 0 bridgehead atoms. The summed E-state index contributed by atoms with van der Waals surface area (Å²) in [6, 6.07) is 20.3. The molecule has 4 aromatic rings. The highest BCUT2D eigenvalue weighted by Crippen LogP contribution is 2.50. The van der Waals surface area contributed by atoms with Crippen LogP contribution in [0.15, 0.2) is 66.2 Å². The maximum absolute atomic E-state index is 13.2. The monoisotopic (exact) mass is 463 g/mol. The van der Waals surface area contributed by atoms with Crippen molar-refractivity contribution < 1.29 is 9.59 Å². The molecule has 1 aromatic heterocycles. The van der Waals surface area contributed by atoms with Crippen molar-refractivity contribution in [3.05, 3.63) is 98.9 Å². The third kappa shape index (κ3) is 3.02. The number of hydrogen-bond donors (Lipinski definition) is 1. The normalized spacial score (nSPS) is 15.9. The summed E-state index contributed by atoms with van der Waals surface area (Å²) >= 11 is 1.59. The van der Waals surface area contributed by atoms with Crippen LogP contribution in [0.1, 0.15) is 75.9 Å². The minimum Gasteiger partial charge on any atom is -0.347 e. The van der Waals surface area contributed by atoms with E-state index in [0.717, 1.165) is 26.3 Å². The number of nitrogens with one attached hydrogen (secondary N) is 1. The highest BCUT2D eigenvalue weighted by molar-refractivity contribution is 7.17. The van der Waals surface area contributed by atoms with Gasteiger partial charge in [-0.25, -0.2) is 0 Å². The number of fused-ring (bicyclic) bond motifs is 4. The maximum atomic E-state index is 13.2. The first-order chi connectivity index (χ1) is 16.2. The average molecular weight is 464 g/mol. The van der Waals surface area contributed by atoms with Crippen LogP contribution in [0.4, 0.5) is 10.7 Å². The minimum absolute atomic E-state index is 0.182. The molecule has 0 amide bonds. The molecule has 2 aliphatic rings. The van der Waals surface area contributed by atoms with Crippen molar-refractivity contribution in [2.45, 2.75) is 39.0 Å². The number of rotatable bonds is 2. The van der Waals surface area contributed by atoms with Crippen LogP contribution in [0.25, 0.3) is 16.8 Å². The first kappa shape index (κ1) is 21.1. The van der Waals surface area contributed by atoms with Crippen LogP contribution in [0.3, 0.4) is 0 Å². The standard InChI is InChI=1S/C30H25NO2S/c1-16(2)17-9-10-26-24(13-17)30(3,4)25-15-20(34-29(25)31-26)14-23-27(32)21-11-18-7-5-6-8-19(18)12-22(21)28(23)33/h5-16,31H,1-4H3. The molecule has 0 spiro atoms. The molecule has 0 saturated carbocycles. The van der Waals surface area contributed by atoms with Crippen LogP contribution < -0.4 is 5.32 Å². The van der Waals surface area contributed by atoms with Gasteiger partial charge in [0.25, 0.3) is 0 Å². The van der Waals surface area contributed by atoms with Crippen molar-refractivity contribution in [2.24, 2.45) is 0 Å². The van der Waals surface area contributed by atoms with Crippen LogP contribution in [-0.2, 0) is 5.41 Å². The van der Waals surface area contributed by atoms with E-state index in [1.54, 1.807) is 17.4 Å². The number of anilines is 2. The molecule has 0 unspecified atom stereocenters. The topological polar surface area (TPSA) is 46.2 Å². The molecule has 2 heterocycles. The summed E-state index contributed by atoms with van der Waals surface area (Å²) in [5.74, 6) is 0.0892. The highest BCUT2D eigenvalue weighted by atomic mass is 32.1. The van der Waals surface area contributed by atoms with Crippen LogP contribution >= 0.6 is 11.3 Å². The van der Waals surface area contributed by atoms with E-state index in [1.165, 1.54) is 16.7 Å². The Morgan fingerprint density at radius 1 is 0.853 bits per heavy atom. The van der Waals surface area contributed by atoms with Gasteiger partial charge in [-0.15, -0.1) is 11.3 Å². The minimum atomic E-state index is -0.186. The molecule has 1 aliphatic heterocycles. The molecular weight excluding hydrogens is 438 g/mol. The second kappa shape index (κ2) is 7.25. The van der Waals surface area contributed by atoms with Gasteiger partial charge in [0.2, 0.25) is 0 Å². The van der Waals surface area contributed by atoms with E-state index >= 15 is 0 Å². The molecule has 0 saturated heterocycles. The zero-order valence-corrected chi connectivity index (χ0v) is 20.5.